The van der Waals surface area contributed by atoms with Crippen molar-refractivity contribution in [1.29, 1.82) is 0 Å². The van der Waals surface area contributed by atoms with Gasteiger partial charge in [0.2, 0.25) is 0 Å². The highest BCUT2D eigenvalue weighted by Gasteiger charge is 2.08. The number of rotatable bonds is 1. The monoisotopic (exact) mass is 330 g/mol. The lowest BCUT2D eigenvalue weighted by Gasteiger charge is -1.88. The molecule has 110 valence electrons. The Morgan fingerprint density at radius 1 is 1.09 bits per heavy atom. The number of anilines is 1. The lowest BCUT2D eigenvalue weighted by Crippen LogP contribution is -1.85. The Kier molecular flexibility index (Phi) is 3.94. The van der Waals surface area contributed by atoms with Crippen LogP contribution in [0.5, 0.6) is 0 Å². The van der Waals surface area contributed by atoms with Gasteiger partial charge in [-0.2, -0.15) is 0 Å². The highest BCUT2D eigenvalue weighted by atomic mass is 32.1. The second-order valence-corrected chi connectivity index (χ2v) is 6.23. The summed E-state index contributed by atoms with van der Waals surface area (Å²) >= 11 is 2.92. The van der Waals surface area contributed by atoms with Crippen LogP contribution in [0.15, 0.2) is 48.0 Å². The van der Waals surface area contributed by atoms with Crippen molar-refractivity contribution in [3.8, 4) is 0 Å². The summed E-state index contributed by atoms with van der Waals surface area (Å²) in [6, 6.07) is 12.6. The highest BCUT2D eigenvalue weighted by molar-refractivity contribution is 7.22. The highest BCUT2D eigenvalue weighted by Crippen LogP contribution is 2.27. The molecule has 4 rings (SSSR count). The maximum absolute atomic E-state index is 10.4. The largest absolute Gasteiger partial charge is 0.375 e. The van der Waals surface area contributed by atoms with E-state index in [-0.39, 0.29) is 5.69 Å². The fourth-order valence-electron chi connectivity index (χ4n) is 1.85. The lowest BCUT2D eigenvalue weighted by atomic mass is 10.3. The second kappa shape index (κ2) is 6.04. The maximum Gasteiger partial charge on any atom is 0.270 e. The molecule has 0 atom stereocenters. The zero-order chi connectivity index (χ0) is 15.5. The first-order chi connectivity index (χ1) is 10.6. The molecule has 0 spiro atoms. The van der Waals surface area contributed by atoms with Crippen molar-refractivity contribution in [3.05, 3.63) is 58.1 Å². The Hall–Kier alpha value is -2.58. The molecule has 0 radical (unpaired) electrons. The third-order valence-corrected chi connectivity index (χ3v) is 4.49. The zero-order valence-corrected chi connectivity index (χ0v) is 12.8. The van der Waals surface area contributed by atoms with E-state index < -0.39 is 4.92 Å². The average Bonchev–Trinajstić information content (AvgIpc) is 3.11. The minimum Gasteiger partial charge on any atom is -0.375 e. The van der Waals surface area contributed by atoms with Crippen molar-refractivity contribution in [3.63, 3.8) is 0 Å². The summed E-state index contributed by atoms with van der Waals surface area (Å²) in [5.41, 5.74) is 9.19. The van der Waals surface area contributed by atoms with Crippen LogP contribution in [-0.2, 0) is 0 Å². The third kappa shape index (κ3) is 3.02. The van der Waals surface area contributed by atoms with Gasteiger partial charge in [-0.05, 0) is 18.2 Å². The number of thiazole rings is 2. The number of nitro benzene ring substituents is 1. The molecule has 2 heterocycles. The normalized spacial score (nSPS) is 10.4. The quantitative estimate of drug-likeness (QED) is 0.419. The second-order valence-electron chi connectivity index (χ2n) is 4.28. The van der Waals surface area contributed by atoms with E-state index in [0.717, 1.165) is 10.2 Å². The van der Waals surface area contributed by atoms with Gasteiger partial charge < -0.3 is 5.73 Å². The summed E-state index contributed by atoms with van der Waals surface area (Å²) in [7, 11) is 0. The Morgan fingerprint density at radius 2 is 1.91 bits per heavy atom. The summed E-state index contributed by atoms with van der Waals surface area (Å²) in [6.45, 7) is 0. The van der Waals surface area contributed by atoms with Crippen LogP contribution in [0, 0.1) is 10.1 Å². The Bertz CT molecular complexity index is 918. The molecule has 0 saturated carbocycles. The third-order valence-electron chi connectivity index (χ3n) is 2.84. The van der Waals surface area contributed by atoms with Gasteiger partial charge in [-0.3, -0.25) is 10.1 Å². The SMILES string of the molecule is Nc1nc2ccc([N+](=O)[O-])cc2s1.c1ccc2scnc2c1. The van der Waals surface area contributed by atoms with Gasteiger partial charge in [0, 0.05) is 12.1 Å². The topological polar surface area (TPSA) is 94.9 Å². The van der Waals surface area contributed by atoms with Crippen LogP contribution in [0.25, 0.3) is 20.4 Å². The van der Waals surface area contributed by atoms with E-state index in [1.165, 1.54) is 28.2 Å². The van der Waals surface area contributed by atoms with E-state index in [4.69, 9.17) is 5.73 Å². The summed E-state index contributed by atoms with van der Waals surface area (Å²) in [4.78, 5) is 18.1. The number of nitrogens with two attached hydrogens (primary N) is 1. The van der Waals surface area contributed by atoms with Crippen LogP contribution >= 0.6 is 22.7 Å². The van der Waals surface area contributed by atoms with E-state index in [2.05, 4.69) is 16.0 Å². The molecular formula is C14H10N4O2S2. The number of nitrogen functional groups attached to an aromatic ring is 1. The van der Waals surface area contributed by atoms with E-state index in [0.29, 0.717) is 10.6 Å². The smallest absolute Gasteiger partial charge is 0.270 e. The minimum atomic E-state index is -0.435. The molecule has 0 bridgehead atoms. The van der Waals surface area contributed by atoms with E-state index in [9.17, 15) is 10.1 Å². The lowest BCUT2D eigenvalue weighted by molar-refractivity contribution is -0.384. The molecule has 0 unspecified atom stereocenters. The molecule has 0 fully saturated rings. The number of non-ortho nitro benzene ring substituents is 1. The first-order valence-corrected chi connectivity index (χ1v) is 7.92. The van der Waals surface area contributed by atoms with Crippen LogP contribution in [0.3, 0.4) is 0 Å². The van der Waals surface area contributed by atoms with Crippen LogP contribution in [0.4, 0.5) is 10.8 Å². The van der Waals surface area contributed by atoms with E-state index in [1.807, 2.05) is 23.7 Å². The van der Waals surface area contributed by atoms with Crippen LogP contribution < -0.4 is 5.73 Å². The molecule has 2 N–H and O–H groups in total. The van der Waals surface area contributed by atoms with Crippen molar-refractivity contribution >= 4 is 53.9 Å². The number of nitrogens with zero attached hydrogens (tertiary/aromatic N) is 3. The van der Waals surface area contributed by atoms with Crippen molar-refractivity contribution in [2.24, 2.45) is 0 Å². The molecule has 0 saturated heterocycles. The van der Waals surface area contributed by atoms with Crippen molar-refractivity contribution in [2.75, 3.05) is 5.73 Å². The molecule has 0 aliphatic carbocycles. The summed E-state index contributed by atoms with van der Waals surface area (Å²) < 4.78 is 2.00. The number of aromatic nitrogens is 2. The van der Waals surface area contributed by atoms with Gasteiger partial charge in [-0.15, -0.1) is 11.3 Å². The number of hydrogen-bond donors (Lipinski definition) is 1. The Labute approximate surface area is 133 Å². The number of nitro groups is 1. The molecule has 0 aliphatic rings. The van der Waals surface area contributed by atoms with Gasteiger partial charge in [0.1, 0.15) is 0 Å². The zero-order valence-electron chi connectivity index (χ0n) is 11.2. The molecule has 6 nitrogen and oxygen atoms in total. The van der Waals surface area contributed by atoms with Gasteiger partial charge in [-0.25, -0.2) is 9.97 Å². The fraction of sp³-hybridized carbons (Fsp3) is 0. The molecule has 8 heteroatoms. The number of benzene rings is 2. The van der Waals surface area contributed by atoms with Gasteiger partial charge in [0.15, 0.2) is 5.13 Å². The summed E-state index contributed by atoms with van der Waals surface area (Å²) in [6.07, 6.45) is 0. The number of para-hydroxylation sites is 1. The number of hydrogen-bond acceptors (Lipinski definition) is 7. The number of fused-ring (bicyclic) bond motifs is 2. The molecular weight excluding hydrogens is 320 g/mol. The fourth-order valence-corrected chi connectivity index (χ4v) is 3.29. The maximum atomic E-state index is 10.4. The standard InChI is InChI=1S/C7H5N3O2S.C7H5NS/c8-7-9-5-2-1-4(10(11)12)3-6(5)13-7;1-2-4-7-6(3-1)8-5-9-7/h1-3H,(H2,8,9);1-5H. The molecule has 0 aliphatic heterocycles. The first kappa shape index (κ1) is 14.4. The molecule has 2 aromatic carbocycles. The minimum absolute atomic E-state index is 0.0659. The summed E-state index contributed by atoms with van der Waals surface area (Å²) in [5.74, 6) is 0. The van der Waals surface area contributed by atoms with Gasteiger partial charge in [0.25, 0.3) is 5.69 Å². The van der Waals surface area contributed by atoms with E-state index >= 15 is 0 Å². The predicted octanol–water partition coefficient (Wildman–Crippen LogP) is 4.08. The van der Waals surface area contributed by atoms with Crippen LogP contribution in [0.2, 0.25) is 0 Å². The van der Waals surface area contributed by atoms with Crippen LogP contribution in [-0.4, -0.2) is 14.9 Å². The predicted molar refractivity (Wildman–Crippen MR) is 90.3 cm³/mol. The first-order valence-electron chi connectivity index (χ1n) is 6.22. The van der Waals surface area contributed by atoms with Gasteiger partial charge >= 0.3 is 0 Å². The van der Waals surface area contributed by atoms with Gasteiger partial charge in [-0.1, -0.05) is 23.5 Å². The Balaban J connectivity index is 0.000000139. The Morgan fingerprint density at radius 3 is 2.68 bits per heavy atom. The van der Waals surface area contributed by atoms with Crippen molar-refractivity contribution in [2.45, 2.75) is 0 Å². The van der Waals surface area contributed by atoms with E-state index in [1.54, 1.807) is 17.4 Å². The molecule has 22 heavy (non-hydrogen) atoms. The van der Waals surface area contributed by atoms with Crippen molar-refractivity contribution in [1.82, 2.24) is 9.97 Å². The van der Waals surface area contributed by atoms with Gasteiger partial charge in [0.05, 0.1) is 30.9 Å². The average molecular weight is 330 g/mol. The molecule has 4 aromatic rings. The molecule has 2 aromatic heterocycles. The summed E-state index contributed by atoms with van der Waals surface area (Å²) in [5, 5.41) is 10.8. The van der Waals surface area contributed by atoms with Crippen molar-refractivity contribution < 1.29 is 4.92 Å². The molecule has 0 amide bonds. The van der Waals surface area contributed by atoms with Crippen LogP contribution in [0.1, 0.15) is 0 Å².